The number of aromatic nitrogens is 4. The van der Waals surface area contributed by atoms with Crippen molar-refractivity contribution in [2.45, 2.75) is 63.3 Å². The molecule has 10 nitrogen and oxygen atoms in total. The zero-order valence-corrected chi connectivity index (χ0v) is 23.9. The Balaban J connectivity index is 1.32. The summed E-state index contributed by atoms with van der Waals surface area (Å²) in [4.78, 5) is 24.3. The minimum Gasteiger partial charge on any atom is -0.496 e. The predicted octanol–water partition coefficient (Wildman–Crippen LogP) is 3.92. The second kappa shape index (κ2) is 10.5. The third-order valence-corrected chi connectivity index (χ3v) is 9.01. The molecular weight excluding hydrogens is 576 g/mol. The molecule has 4 atom stereocenters. The van der Waals surface area contributed by atoms with E-state index in [9.17, 15) is 15.0 Å². The van der Waals surface area contributed by atoms with Crippen LogP contribution in [0.1, 0.15) is 49.8 Å². The molecule has 1 aromatic carbocycles. The molecule has 2 bridgehead atoms. The number of halogens is 1. The van der Waals surface area contributed by atoms with Gasteiger partial charge in [-0.15, -0.1) is 0 Å². The summed E-state index contributed by atoms with van der Waals surface area (Å²) in [6.07, 6.45) is 5.94. The van der Waals surface area contributed by atoms with Crippen LogP contribution in [0.5, 0.6) is 5.75 Å². The topological polar surface area (TPSA) is 139 Å². The van der Waals surface area contributed by atoms with Gasteiger partial charge in [0.1, 0.15) is 17.7 Å². The van der Waals surface area contributed by atoms with E-state index in [1.165, 1.54) is 6.92 Å². The Morgan fingerprint density at radius 1 is 1.18 bits per heavy atom. The number of nitrogens with two attached hydrogens (primary N) is 1. The second-order valence-electron chi connectivity index (χ2n) is 10.6. The van der Waals surface area contributed by atoms with Gasteiger partial charge in [0.05, 0.1) is 35.8 Å². The fraction of sp³-hybridized carbons (Fsp3) is 0.379. The van der Waals surface area contributed by atoms with Gasteiger partial charge in [0, 0.05) is 46.5 Å². The number of pyridine rings is 1. The van der Waals surface area contributed by atoms with E-state index < -0.39 is 6.10 Å². The van der Waals surface area contributed by atoms with Gasteiger partial charge < -0.3 is 25.6 Å². The molecule has 2 fully saturated rings. The lowest BCUT2D eigenvalue weighted by Crippen LogP contribution is -2.49. The van der Waals surface area contributed by atoms with Gasteiger partial charge in [-0.3, -0.25) is 9.78 Å². The summed E-state index contributed by atoms with van der Waals surface area (Å²) in [5, 5.41) is 24.1. The van der Waals surface area contributed by atoms with E-state index in [0.29, 0.717) is 22.8 Å². The zero-order chi connectivity index (χ0) is 28.1. The van der Waals surface area contributed by atoms with Gasteiger partial charge in [0.25, 0.3) is 5.91 Å². The quantitative estimate of drug-likeness (QED) is 0.300. The van der Waals surface area contributed by atoms with Gasteiger partial charge >= 0.3 is 0 Å². The molecule has 2 saturated heterocycles. The fourth-order valence-corrected chi connectivity index (χ4v) is 6.83. The Bertz CT molecular complexity index is 1570. The van der Waals surface area contributed by atoms with Gasteiger partial charge in [-0.25, -0.2) is 4.98 Å². The van der Waals surface area contributed by atoms with Gasteiger partial charge in [-0.2, -0.15) is 9.61 Å². The largest absolute Gasteiger partial charge is 0.496 e. The van der Waals surface area contributed by atoms with E-state index in [0.717, 1.165) is 58.2 Å². The van der Waals surface area contributed by atoms with Crippen LogP contribution in [0, 0.1) is 0 Å². The van der Waals surface area contributed by atoms with E-state index >= 15 is 0 Å². The number of methoxy groups -OCH3 is 1. The highest BCUT2D eigenvalue weighted by molar-refractivity contribution is 9.10. The number of anilines is 1. The Hall–Kier alpha value is -3.54. The zero-order valence-electron chi connectivity index (χ0n) is 22.3. The average Bonchev–Trinajstić information content (AvgIpc) is 3.51. The van der Waals surface area contributed by atoms with Crippen molar-refractivity contribution in [3.63, 3.8) is 0 Å². The molecule has 6 rings (SSSR count). The fourth-order valence-electron chi connectivity index (χ4n) is 6.25. The molecule has 5 heterocycles. The maximum Gasteiger partial charge on any atom is 0.251 e. The first-order valence-corrected chi connectivity index (χ1v) is 14.2. The molecule has 40 heavy (non-hydrogen) atoms. The normalized spacial score (nSPS) is 21.1. The van der Waals surface area contributed by atoms with E-state index in [1.54, 1.807) is 24.0 Å². The molecule has 2 aliphatic heterocycles. The monoisotopic (exact) mass is 606 g/mol. The highest BCUT2D eigenvalue weighted by Gasteiger charge is 2.45. The first-order chi connectivity index (χ1) is 19.3. The van der Waals surface area contributed by atoms with Gasteiger partial charge in [-0.05, 0) is 72.8 Å². The minimum absolute atomic E-state index is 0.0856. The highest BCUT2D eigenvalue weighted by atomic mass is 79.9. The molecule has 0 radical (unpaired) electrons. The standard InChI is InChI=1S/C29H31BrN6O4/c1-15(38)29(39)35-20-5-6-21(35)11-18(10-20)26-25(30)27(31)36-28(34-26)22(13-33-36)17-3-7-23(32-12-17)16-4-8-24(40-2)19(9-16)14-37/h3-4,7-9,12-13,15,18,20-21,37-38H,5-6,10-11,14,31H2,1-2H3/t15?,18?,20-,21+. The molecule has 4 N–H and O–H groups in total. The Morgan fingerprint density at radius 3 is 2.52 bits per heavy atom. The molecule has 208 valence electrons. The van der Waals surface area contributed by atoms with Crippen molar-refractivity contribution in [1.29, 1.82) is 0 Å². The Kier molecular flexibility index (Phi) is 6.97. The van der Waals surface area contributed by atoms with Crippen LogP contribution in [0.25, 0.3) is 28.0 Å². The van der Waals surface area contributed by atoms with Crippen LogP contribution in [0.2, 0.25) is 0 Å². The van der Waals surface area contributed by atoms with Crippen molar-refractivity contribution in [3.8, 4) is 28.1 Å². The number of carbonyl (C=O) groups excluding carboxylic acids is 1. The summed E-state index contributed by atoms with van der Waals surface area (Å²) in [5.74, 6) is 1.04. The number of carbonyl (C=O) groups is 1. The van der Waals surface area contributed by atoms with Gasteiger partial charge in [0.2, 0.25) is 0 Å². The van der Waals surface area contributed by atoms with Crippen LogP contribution in [-0.4, -0.2) is 65.9 Å². The number of fused-ring (bicyclic) bond motifs is 3. The summed E-state index contributed by atoms with van der Waals surface area (Å²) >= 11 is 3.68. The predicted molar refractivity (Wildman–Crippen MR) is 154 cm³/mol. The van der Waals surface area contributed by atoms with Crippen LogP contribution in [0.4, 0.5) is 5.82 Å². The molecule has 4 aromatic rings. The maximum absolute atomic E-state index is 12.6. The summed E-state index contributed by atoms with van der Waals surface area (Å²) in [5.41, 5.74) is 12.1. The lowest BCUT2D eigenvalue weighted by molar-refractivity contribution is -0.144. The number of aliphatic hydroxyl groups is 2. The molecule has 3 aromatic heterocycles. The number of hydrogen-bond acceptors (Lipinski definition) is 8. The Morgan fingerprint density at radius 2 is 1.90 bits per heavy atom. The van der Waals surface area contributed by atoms with Crippen molar-refractivity contribution >= 4 is 33.3 Å². The molecule has 0 aliphatic carbocycles. The third kappa shape index (κ3) is 4.42. The van der Waals surface area contributed by atoms with E-state index in [2.05, 4.69) is 26.0 Å². The average molecular weight is 608 g/mol. The number of ether oxygens (including phenoxy) is 1. The van der Waals surface area contributed by atoms with Crippen molar-refractivity contribution in [3.05, 3.63) is 58.5 Å². The van der Waals surface area contributed by atoms with Crippen molar-refractivity contribution in [2.75, 3.05) is 12.8 Å². The van der Waals surface area contributed by atoms with Gasteiger partial charge in [-0.1, -0.05) is 6.07 Å². The highest BCUT2D eigenvalue weighted by Crippen LogP contribution is 2.45. The maximum atomic E-state index is 12.6. The van der Waals surface area contributed by atoms with E-state index in [-0.39, 0.29) is 30.5 Å². The number of amides is 1. The summed E-state index contributed by atoms with van der Waals surface area (Å²) in [6, 6.07) is 9.68. The Labute approximate surface area is 239 Å². The smallest absolute Gasteiger partial charge is 0.251 e. The number of hydrogen-bond donors (Lipinski definition) is 3. The molecule has 1 amide bonds. The number of aliphatic hydroxyl groups excluding tert-OH is 2. The summed E-state index contributed by atoms with van der Waals surface area (Å²) in [7, 11) is 1.58. The second-order valence-corrected chi connectivity index (χ2v) is 11.4. The summed E-state index contributed by atoms with van der Waals surface area (Å²) < 4.78 is 7.67. The van der Waals surface area contributed by atoms with E-state index in [4.69, 9.17) is 15.5 Å². The first-order valence-electron chi connectivity index (χ1n) is 13.4. The minimum atomic E-state index is -0.993. The molecule has 0 spiro atoms. The number of benzene rings is 1. The number of rotatable bonds is 6. The van der Waals surface area contributed by atoms with Gasteiger partial charge in [0.15, 0.2) is 5.65 Å². The first kappa shape index (κ1) is 26.7. The van der Waals surface area contributed by atoms with Crippen LogP contribution in [-0.2, 0) is 11.4 Å². The lowest BCUT2D eigenvalue weighted by Gasteiger charge is -2.39. The van der Waals surface area contributed by atoms with Crippen LogP contribution in [0.15, 0.2) is 47.2 Å². The SMILES string of the molecule is COc1ccc(-c2ccc(-c3cnn4c(N)c(Br)c(C5C[C@H]6CC[C@@H](C5)N6C(=O)C(C)O)nc34)cn2)cc1CO. The molecule has 0 saturated carbocycles. The molecular formula is C29H31BrN6O4. The van der Waals surface area contributed by atoms with Crippen molar-refractivity contribution < 1.29 is 19.7 Å². The van der Waals surface area contributed by atoms with Crippen LogP contribution >= 0.6 is 15.9 Å². The van der Waals surface area contributed by atoms with Crippen molar-refractivity contribution in [1.82, 2.24) is 24.5 Å². The summed E-state index contributed by atoms with van der Waals surface area (Å²) in [6.45, 7) is 1.41. The molecule has 2 aliphatic rings. The number of nitrogens with zero attached hydrogens (tertiary/aromatic N) is 5. The van der Waals surface area contributed by atoms with Crippen LogP contribution < -0.4 is 10.5 Å². The van der Waals surface area contributed by atoms with Crippen molar-refractivity contribution in [2.24, 2.45) is 0 Å². The van der Waals surface area contributed by atoms with E-state index in [1.807, 2.05) is 35.2 Å². The third-order valence-electron chi connectivity index (χ3n) is 8.20. The van der Waals surface area contributed by atoms with Crippen LogP contribution in [0.3, 0.4) is 0 Å². The number of nitrogen functional groups attached to an aromatic ring is 1. The lowest BCUT2D eigenvalue weighted by atomic mass is 9.87. The molecule has 11 heteroatoms. The molecule has 2 unspecified atom stereocenters. The number of piperidine rings is 1.